The maximum absolute atomic E-state index is 5.86. The average Bonchev–Trinajstić information content (AvgIpc) is 2.60. The summed E-state index contributed by atoms with van der Waals surface area (Å²) in [6, 6.07) is 4.13. The molecule has 0 aliphatic heterocycles. The Balaban J connectivity index is 2.64. The van der Waals surface area contributed by atoms with Gasteiger partial charge in [0.2, 0.25) is 0 Å². The van der Waals surface area contributed by atoms with Crippen LogP contribution in [0.25, 0.3) is 11.0 Å². The van der Waals surface area contributed by atoms with Crippen LogP contribution in [-0.4, -0.2) is 4.98 Å². The molecular weight excluding hydrogens is 186 g/mol. The summed E-state index contributed by atoms with van der Waals surface area (Å²) in [5.74, 6) is 1.87. The third kappa shape index (κ3) is 1.76. The zero-order valence-electron chi connectivity index (χ0n) is 9.74. The van der Waals surface area contributed by atoms with Crippen LogP contribution >= 0.6 is 0 Å². The maximum Gasteiger partial charge on any atom is 0.156 e. The molecule has 0 fully saturated rings. The van der Waals surface area contributed by atoms with Gasteiger partial charge in [0.25, 0.3) is 0 Å². The molecule has 80 valence electrons. The maximum atomic E-state index is 5.86. The van der Waals surface area contributed by atoms with Gasteiger partial charge < -0.3 is 4.42 Å². The SMILES string of the molecule is CC(C)c1cc2ccnc(C(C)C)c2o1. The number of furan rings is 1. The fourth-order valence-corrected chi connectivity index (χ4v) is 1.70. The van der Waals surface area contributed by atoms with E-state index in [0.29, 0.717) is 11.8 Å². The summed E-state index contributed by atoms with van der Waals surface area (Å²) in [5, 5.41) is 1.16. The van der Waals surface area contributed by atoms with E-state index in [9.17, 15) is 0 Å². The molecule has 0 radical (unpaired) electrons. The fourth-order valence-electron chi connectivity index (χ4n) is 1.70. The molecule has 0 saturated heterocycles. The second kappa shape index (κ2) is 3.69. The predicted molar refractivity (Wildman–Crippen MR) is 62.2 cm³/mol. The van der Waals surface area contributed by atoms with Crippen molar-refractivity contribution in [1.29, 1.82) is 0 Å². The second-order valence-electron chi connectivity index (χ2n) is 4.57. The van der Waals surface area contributed by atoms with Gasteiger partial charge in [0.15, 0.2) is 5.58 Å². The number of hydrogen-bond donors (Lipinski definition) is 0. The third-order valence-corrected chi connectivity index (χ3v) is 2.60. The molecule has 0 aliphatic carbocycles. The van der Waals surface area contributed by atoms with Gasteiger partial charge in [-0.05, 0) is 18.1 Å². The highest BCUT2D eigenvalue weighted by atomic mass is 16.3. The number of aromatic nitrogens is 1. The van der Waals surface area contributed by atoms with Crippen LogP contribution in [0.15, 0.2) is 22.7 Å². The van der Waals surface area contributed by atoms with E-state index in [-0.39, 0.29) is 0 Å². The van der Waals surface area contributed by atoms with Crippen LogP contribution in [0, 0.1) is 0 Å². The minimum Gasteiger partial charge on any atom is -0.459 e. The van der Waals surface area contributed by atoms with E-state index in [4.69, 9.17) is 4.42 Å². The Morgan fingerprint density at radius 3 is 2.47 bits per heavy atom. The standard InChI is InChI=1S/C13H17NO/c1-8(2)11-7-10-5-6-14-12(9(3)4)13(10)15-11/h5-9H,1-4H3. The van der Waals surface area contributed by atoms with Crippen molar-refractivity contribution in [2.75, 3.05) is 0 Å². The van der Waals surface area contributed by atoms with Gasteiger partial charge in [-0.2, -0.15) is 0 Å². The average molecular weight is 203 g/mol. The first-order valence-electron chi connectivity index (χ1n) is 5.48. The van der Waals surface area contributed by atoms with Crippen molar-refractivity contribution in [2.45, 2.75) is 39.5 Å². The minimum absolute atomic E-state index is 0.403. The van der Waals surface area contributed by atoms with Crippen molar-refractivity contribution in [2.24, 2.45) is 0 Å². The molecule has 0 bridgehead atoms. The summed E-state index contributed by atoms with van der Waals surface area (Å²) >= 11 is 0. The van der Waals surface area contributed by atoms with Crippen LogP contribution in [-0.2, 0) is 0 Å². The van der Waals surface area contributed by atoms with Gasteiger partial charge in [0.1, 0.15) is 5.76 Å². The highest BCUT2D eigenvalue weighted by Crippen LogP contribution is 2.29. The summed E-state index contributed by atoms with van der Waals surface area (Å²) in [7, 11) is 0. The highest BCUT2D eigenvalue weighted by Gasteiger charge is 2.13. The van der Waals surface area contributed by atoms with E-state index in [2.05, 4.69) is 38.7 Å². The van der Waals surface area contributed by atoms with Gasteiger partial charge in [0.05, 0.1) is 5.69 Å². The molecule has 0 amide bonds. The van der Waals surface area contributed by atoms with E-state index in [1.165, 1.54) is 0 Å². The Kier molecular flexibility index (Phi) is 2.51. The number of pyridine rings is 1. The summed E-state index contributed by atoms with van der Waals surface area (Å²) in [5.41, 5.74) is 2.01. The Bertz CT molecular complexity index is 468. The third-order valence-electron chi connectivity index (χ3n) is 2.60. The van der Waals surface area contributed by atoms with Gasteiger partial charge in [-0.25, -0.2) is 0 Å². The first kappa shape index (κ1) is 10.2. The first-order chi connectivity index (χ1) is 7.09. The molecular formula is C13H17NO. The van der Waals surface area contributed by atoms with Crippen molar-refractivity contribution in [3.8, 4) is 0 Å². The molecule has 2 heterocycles. The molecule has 0 N–H and O–H groups in total. The zero-order valence-corrected chi connectivity index (χ0v) is 9.74. The Morgan fingerprint density at radius 2 is 1.87 bits per heavy atom. The summed E-state index contributed by atoms with van der Waals surface area (Å²) in [4.78, 5) is 4.39. The monoisotopic (exact) mass is 203 g/mol. The molecule has 2 heteroatoms. The van der Waals surface area contributed by atoms with Crippen molar-refractivity contribution >= 4 is 11.0 Å². The largest absolute Gasteiger partial charge is 0.459 e. The molecule has 15 heavy (non-hydrogen) atoms. The van der Waals surface area contributed by atoms with Crippen molar-refractivity contribution in [1.82, 2.24) is 4.98 Å². The fraction of sp³-hybridized carbons (Fsp3) is 0.462. The van der Waals surface area contributed by atoms with Gasteiger partial charge in [-0.15, -0.1) is 0 Å². The Morgan fingerprint density at radius 1 is 1.13 bits per heavy atom. The Labute approximate surface area is 90.3 Å². The lowest BCUT2D eigenvalue weighted by Crippen LogP contribution is -1.91. The van der Waals surface area contributed by atoms with Crippen molar-refractivity contribution in [3.63, 3.8) is 0 Å². The van der Waals surface area contributed by atoms with E-state index in [1.807, 2.05) is 12.3 Å². The quantitative estimate of drug-likeness (QED) is 0.735. The van der Waals surface area contributed by atoms with E-state index >= 15 is 0 Å². The van der Waals surface area contributed by atoms with Crippen LogP contribution in [0.4, 0.5) is 0 Å². The van der Waals surface area contributed by atoms with E-state index in [0.717, 1.165) is 22.4 Å². The zero-order chi connectivity index (χ0) is 11.0. The predicted octanol–water partition coefficient (Wildman–Crippen LogP) is 4.07. The van der Waals surface area contributed by atoms with Crippen molar-refractivity contribution < 1.29 is 4.42 Å². The lowest BCUT2D eigenvalue weighted by molar-refractivity contribution is 0.515. The van der Waals surface area contributed by atoms with Gasteiger partial charge in [-0.1, -0.05) is 27.7 Å². The number of hydrogen-bond acceptors (Lipinski definition) is 2. The van der Waals surface area contributed by atoms with E-state index < -0.39 is 0 Å². The molecule has 2 rings (SSSR count). The Hall–Kier alpha value is -1.31. The van der Waals surface area contributed by atoms with Crippen LogP contribution in [0.5, 0.6) is 0 Å². The molecule has 0 saturated carbocycles. The topological polar surface area (TPSA) is 26.0 Å². The van der Waals surface area contributed by atoms with Crippen LogP contribution in [0.1, 0.15) is 51.0 Å². The smallest absolute Gasteiger partial charge is 0.156 e. The van der Waals surface area contributed by atoms with Gasteiger partial charge >= 0.3 is 0 Å². The van der Waals surface area contributed by atoms with Crippen LogP contribution in [0.3, 0.4) is 0 Å². The lowest BCUT2D eigenvalue weighted by atomic mass is 10.1. The summed E-state index contributed by atoms with van der Waals surface area (Å²) in [6.07, 6.45) is 1.86. The summed E-state index contributed by atoms with van der Waals surface area (Å²) in [6.45, 7) is 8.55. The second-order valence-corrected chi connectivity index (χ2v) is 4.57. The van der Waals surface area contributed by atoms with Crippen LogP contribution in [0.2, 0.25) is 0 Å². The lowest BCUT2D eigenvalue weighted by Gasteiger charge is -2.03. The molecule has 0 unspecified atom stereocenters. The molecule has 2 aromatic rings. The molecule has 0 aromatic carbocycles. The number of rotatable bonds is 2. The number of fused-ring (bicyclic) bond motifs is 1. The highest BCUT2D eigenvalue weighted by molar-refractivity contribution is 5.80. The van der Waals surface area contributed by atoms with Gasteiger partial charge in [-0.3, -0.25) is 4.98 Å². The van der Waals surface area contributed by atoms with Crippen molar-refractivity contribution in [3.05, 3.63) is 29.8 Å². The minimum atomic E-state index is 0.403. The van der Waals surface area contributed by atoms with Gasteiger partial charge in [0, 0.05) is 17.5 Å². The summed E-state index contributed by atoms with van der Waals surface area (Å²) < 4.78 is 5.86. The molecule has 0 aliphatic rings. The molecule has 2 aromatic heterocycles. The van der Waals surface area contributed by atoms with E-state index in [1.54, 1.807) is 0 Å². The normalized spacial score (nSPS) is 11.9. The first-order valence-corrected chi connectivity index (χ1v) is 5.48. The number of nitrogens with zero attached hydrogens (tertiary/aromatic N) is 1. The molecule has 0 spiro atoms. The molecule has 2 nitrogen and oxygen atoms in total. The molecule has 0 atom stereocenters. The van der Waals surface area contributed by atoms with Crippen LogP contribution < -0.4 is 0 Å².